The number of esters is 1. The molecule has 2 aliphatic heterocycles. The zero-order valence-corrected chi connectivity index (χ0v) is 31.3. The SMILES string of the molecule is C=C(C)[C@H]1Cc2c3c(cc4c5c(n1c24)[C@@]1(C)[C@@H](CC[C@H]2[C@](C)(/C=C/C=C(\C)C(=O)OC)[C@@H](O)CC[C@@]21C)C5)C1=CC(C)(C)OC(C)(C)C1=C3. The lowest BCUT2D eigenvalue weighted by atomic mass is 9.40. The van der Waals surface area contributed by atoms with Gasteiger partial charge in [-0.05, 0) is 149 Å². The summed E-state index contributed by atoms with van der Waals surface area (Å²) in [4.78, 5) is 12.1. The van der Waals surface area contributed by atoms with Crippen LogP contribution < -0.4 is 0 Å². The van der Waals surface area contributed by atoms with E-state index in [2.05, 4.69) is 90.8 Å². The van der Waals surface area contributed by atoms with Crippen molar-refractivity contribution < 1.29 is 19.4 Å². The van der Waals surface area contributed by atoms with E-state index >= 15 is 0 Å². The van der Waals surface area contributed by atoms with Crippen molar-refractivity contribution in [1.82, 2.24) is 4.57 Å². The lowest BCUT2D eigenvalue weighted by molar-refractivity contribution is -0.145. The van der Waals surface area contributed by atoms with Crippen LogP contribution in [-0.4, -0.2) is 40.1 Å². The summed E-state index contributed by atoms with van der Waals surface area (Å²) in [6, 6.07) is 2.78. The summed E-state index contributed by atoms with van der Waals surface area (Å²) in [6.07, 6.45) is 16.5. The third kappa shape index (κ3) is 4.15. The summed E-state index contributed by atoms with van der Waals surface area (Å²) >= 11 is 0. The third-order valence-corrected chi connectivity index (χ3v) is 14.6. The van der Waals surface area contributed by atoms with Crippen LogP contribution in [0.2, 0.25) is 0 Å². The van der Waals surface area contributed by atoms with Crippen molar-refractivity contribution in [3.63, 3.8) is 0 Å². The van der Waals surface area contributed by atoms with E-state index in [-0.39, 0.29) is 34.0 Å². The second kappa shape index (κ2) is 10.2. The Morgan fingerprint density at radius 3 is 2.49 bits per heavy atom. The maximum absolute atomic E-state index is 12.1. The van der Waals surface area contributed by atoms with Gasteiger partial charge in [0.1, 0.15) is 0 Å². The molecule has 0 bridgehead atoms. The van der Waals surface area contributed by atoms with Crippen LogP contribution in [-0.2, 0) is 32.5 Å². The number of ether oxygens (including phenoxy) is 2. The Morgan fingerprint density at radius 1 is 1.06 bits per heavy atom. The van der Waals surface area contributed by atoms with Gasteiger partial charge in [-0.15, -0.1) is 0 Å². The summed E-state index contributed by atoms with van der Waals surface area (Å²) in [5.74, 6) is 0.522. The first-order valence-electron chi connectivity index (χ1n) is 18.6. The molecule has 0 spiro atoms. The van der Waals surface area contributed by atoms with E-state index in [0.29, 0.717) is 17.4 Å². The number of methoxy groups -OCH3 is 1. The maximum Gasteiger partial charge on any atom is 0.333 e. The van der Waals surface area contributed by atoms with Crippen LogP contribution in [0.25, 0.3) is 22.6 Å². The van der Waals surface area contributed by atoms with Crippen LogP contribution in [0.15, 0.2) is 53.7 Å². The molecule has 2 saturated carbocycles. The van der Waals surface area contributed by atoms with E-state index in [1.54, 1.807) is 18.2 Å². The number of fused-ring (bicyclic) bond motifs is 11. The van der Waals surface area contributed by atoms with E-state index in [4.69, 9.17) is 9.47 Å². The standard InChI is InChI=1S/C44H55NO4/c1-24(2)34-22-30-28-21-33-32(23-40(4,5)49-41(33,6)7)27(28)20-29-31-19-26-14-15-35-42(8,17-12-13-25(3)39(47)48-11)36(46)16-18-43(35,9)44(26,10)38(31)45(34)37(29)30/h12-13,17,20-21,23,26,34-36,46H,1,14-16,18-19,22H2,2-11H3/b17-12+,25-13+/t26-,34+,35-,36-,42-,43-,44+/m0/s1. The minimum absolute atomic E-state index is 0.0239. The fourth-order valence-electron chi connectivity index (χ4n) is 12.2. The van der Waals surface area contributed by atoms with Gasteiger partial charge in [0, 0.05) is 27.5 Å². The second-order valence-electron chi connectivity index (χ2n) is 18.1. The number of rotatable bonds is 4. The molecule has 5 nitrogen and oxygen atoms in total. The normalized spacial score (nSPS) is 36.5. The number of aliphatic hydroxyl groups is 1. The molecule has 7 atom stereocenters. The largest absolute Gasteiger partial charge is 0.466 e. The van der Waals surface area contributed by atoms with Gasteiger partial charge in [0.05, 0.1) is 36.0 Å². The first-order chi connectivity index (χ1) is 22.9. The summed E-state index contributed by atoms with van der Waals surface area (Å²) in [6.45, 7) is 24.8. The van der Waals surface area contributed by atoms with Gasteiger partial charge in [-0.25, -0.2) is 4.79 Å². The van der Waals surface area contributed by atoms with E-state index < -0.39 is 11.5 Å². The molecular weight excluding hydrogens is 606 g/mol. The predicted molar refractivity (Wildman–Crippen MR) is 198 cm³/mol. The molecule has 0 radical (unpaired) electrons. The zero-order chi connectivity index (χ0) is 35.2. The van der Waals surface area contributed by atoms with Crippen molar-refractivity contribution in [2.45, 2.75) is 130 Å². The van der Waals surface area contributed by atoms with E-state index in [9.17, 15) is 9.90 Å². The maximum atomic E-state index is 12.1. The number of benzene rings is 1. The van der Waals surface area contributed by atoms with Gasteiger partial charge in [0.15, 0.2) is 0 Å². The highest BCUT2D eigenvalue weighted by Crippen LogP contribution is 2.71. The quantitative estimate of drug-likeness (QED) is 0.154. The smallest absolute Gasteiger partial charge is 0.333 e. The van der Waals surface area contributed by atoms with Crippen LogP contribution in [0.5, 0.6) is 0 Å². The van der Waals surface area contributed by atoms with Crippen molar-refractivity contribution in [2.75, 3.05) is 7.11 Å². The molecule has 3 heterocycles. The molecule has 1 aromatic carbocycles. The van der Waals surface area contributed by atoms with E-state index in [1.165, 1.54) is 51.4 Å². The number of hydrogen-bond acceptors (Lipinski definition) is 4. The molecule has 49 heavy (non-hydrogen) atoms. The summed E-state index contributed by atoms with van der Waals surface area (Å²) in [5, 5.41) is 13.2. The second-order valence-corrected chi connectivity index (χ2v) is 18.1. The molecule has 0 saturated heterocycles. The number of allylic oxidation sites excluding steroid dienone is 3. The number of carbonyl (C=O) groups excluding carboxylic acids is 1. The highest BCUT2D eigenvalue weighted by molar-refractivity contribution is 6.05. The van der Waals surface area contributed by atoms with Gasteiger partial charge in [-0.3, -0.25) is 0 Å². The van der Waals surface area contributed by atoms with Crippen molar-refractivity contribution in [1.29, 1.82) is 0 Å². The van der Waals surface area contributed by atoms with Gasteiger partial charge in [-0.2, -0.15) is 0 Å². The van der Waals surface area contributed by atoms with Gasteiger partial charge >= 0.3 is 5.97 Å². The van der Waals surface area contributed by atoms with Crippen LogP contribution >= 0.6 is 0 Å². The number of hydrogen-bond donors (Lipinski definition) is 1. The number of aliphatic hydroxyl groups excluding tert-OH is 1. The molecule has 0 unspecified atom stereocenters. The first kappa shape index (κ1) is 33.0. The van der Waals surface area contributed by atoms with Gasteiger partial charge in [0.25, 0.3) is 0 Å². The Morgan fingerprint density at radius 2 is 1.80 bits per heavy atom. The molecule has 2 fully saturated rings. The first-order valence-corrected chi connectivity index (χ1v) is 18.6. The summed E-state index contributed by atoms with van der Waals surface area (Å²) < 4.78 is 14.3. The predicted octanol–water partition coefficient (Wildman–Crippen LogP) is 9.37. The average Bonchev–Trinajstić information content (AvgIpc) is 3.75. The van der Waals surface area contributed by atoms with Crippen LogP contribution in [0.1, 0.15) is 122 Å². The fourth-order valence-corrected chi connectivity index (χ4v) is 12.2. The third-order valence-electron chi connectivity index (χ3n) is 14.6. The minimum atomic E-state index is -0.434. The molecule has 1 aromatic heterocycles. The molecule has 0 amide bonds. The van der Waals surface area contributed by atoms with Crippen molar-refractivity contribution in [3.8, 4) is 0 Å². The molecular formula is C44H55NO4. The number of aromatic nitrogens is 1. The molecule has 260 valence electrons. The summed E-state index contributed by atoms with van der Waals surface area (Å²) in [5.41, 5.74) is 12.0. The Hall–Kier alpha value is -3.15. The Kier molecular flexibility index (Phi) is 6.89. The molecule has 8 rings (SSSR count). The van der Waals surface area contributed by atoms with Gasteiger partial charge in [0.2, 0.25) is 0 Å². The monoisotopic (exact) mass is 661 g/mol. The van der Waals surface area contributed by atoms with Crippen LogP contribution in [0.3, 0.4) is 0 Å². The van der Waals surface area contributed by atoms with Crippen molar-refractivity contribution in [2.24, 2.45) is 22.7 Å². The van der Waals surface area contributed by atoms with Gasteiger partial charge in [-0.1, -0.05) is 51.2 Å². The number of nitrogens with zero attached hydrogens (tertiary/aromatic N) is 1. The Labute approximate surface area is 292 Å². The molecule has 6 aliphatic rings. The van der Waals surface area contributed by atoms with E-state index in [0.717, 1.165) is 38.5 Å². The Balaban J connectivity index is 1.32. The molecule has 5 heteroatoms. The van der Waals surface area contributed by atoms with Crippen LogP contribution in [0.4, 0.5) is 0 Å². The Bertz CT molecular complexity index is 1980. The zero-order valence-electron chi connectivity index (χ0n) is 31.3. The highest BCUT2D eigenvalue weighted by atomic mass is 16.5. The number of carbonyl (C=O) groups is 1. The van der Waals surface area contributed by atoms with Crippen molar-refractivity contribution >= 4 is 28.5 Å². The fraction of sp³-hybridized carbons (Fsp3) is 0.568. The topological polar surface area (TPSA) is 60.7 Å². The summed E-state index contributed by atoms with van der Waals surface area (Å²) in [7, 11) is 1.42. The average molecular weight is 662 g/mol. The van der Waals surface area contributed by atoms with Gasteiger partial charge < -0.3 is 19.1 Å². The van der Waals surface area contributed by atoms with Crippen molar-refractivity contribution in [3.05, 3.63) is 81.6 Å². The molecule has 1 N–H and O–H groups in total. The molecule has 4 aliphatic carbocycles. The lowest BCUT2D eigenvalue weighted by Gasteiger charge is -2.64. The van der Waals surface area contributed by atoms with E-state index in [1.807, 2.05) is 12.2 Å². The lowest BCUT2D eigenvalue weighted by Crippen LogP contribution is -2.62. The minimum Gasteiger partial charge on any atom is -0.466 e. The molecule has 2 aromatic rings. The van der Waals surface area contributed by atoms with Crippen LogP contribution in [0, 0.1) is 22.7 Å². The highest BCUT2D eigenvalue weighted by Gasteiger charge is 2.67.